The van der Waals surface area contributed by atoms with Crippen LogP contribution in [0.4, 0.5) is 0 Å². The monoisotopic (exact) mass is 383 g/mol. The van der Waals surface area contributed by atoms with Crippen molar-refractivity contribution in [3.8, 4) is 0 Å². The maximum absolute atomic E-state index is 11.8. The van der Waals surface area contributed by atoms with Crippen molar-refractivity contribution in [2.75, 3.05) is 0 Å². The van der Waals surface area contributed by atoms with Crippen molar-refractivity contribution in [2.24, 2.45) is 10.9 Å². The van der Waals surface area contributed by atoms with E-state index in [0.717, 1.165) is 8.26 Å². The van der Waals surface area contributed by atoms with Crippen LogP contribution in [0.1, 0.15) is 23.0 Å². The predicted octanol–water partition coefficient (Wildman–Crippen LogP) is 2.53. The van der Waals surface area contributed by atoms with E-state index in [9.17, 15) is 4.79 Å². The minimum absolute atomic E-state index is 0.0892. The maximum Gasteiger partial charge on any atom is 0.261 e. The van der Waals surface area contributed by atoms with E-state index in [2.05, 4.69) is 42.3 Å². The minimum atomic E-state index is -0.196. The predicted molar refractivity (Wildman–Crippen MR) is 74.7 cm³/mol. The number of hydrogen-bond donors (Lipinski definition) is 3. The molecule has 0 saturated carbocycles. The zero-order chi connectivity index (χ0) is 13.0. The number of nitrogens with zero attached hydrogens (tertiary/aromatic N) is 1. The molecule has 1 unspecified atom stereocenters. The molecule has 1 rings (SSSR count). The van der Waals surface area contributed by atoms with Gasteiger partial charge in [0, 0.05) is 16.9 Å². The highest BCUT2D eigenvalue weighted by atomic mass is 79.9. The molecule has 0 aromatic carbocycles. The van der Waals surface area contributed by atoms with Crippen molar-refractivity contribution in [2.45, 2.75) is 19.4 Å². The summed E-state index contributed by atoms with van der Waals surface area (Å²) in [4.78, 5) is 12.4. The molecule has 1 atom stereocenters. The number of nitrogens with two attached hydrogens (primary N) is 1. The van der Waals surface area contributed by atoms with Gasteiger partial charge in [-0.25, -0.2) is 0 Å². The van der Waals surface area contributed by atoms with Crippen LogP contribution in [0.25, 0.3) is 0 Å². The summed E-state index contributed by atoms with van der Waals surface area (Å²) in [5, 5.41) is 14.0. The van der Waals surface area contributed by atoms with E-state index in [-0.39, 0.29) is 17.8 Å². The van der Waals surface area contributed by atoms with Gasteiger partial charge in [-0.15, -0.1) is 11.3 Å². The van der Waals surface area contributed by atoms with E-state index >= 15 is 0 Å². The topological polar surface area (TPSA) is 87.7 Å². The fraction of sp³-hybridized carbons (Fsp3) is 0.333. The normalized spacial score (nSPS) is 13.5. The van der Waals surface area contributed by atoms with Crippen LogP contribution in [0.15, 0.2) is 19.5 Å². The Morgan fingerprint density at radius 3 is 2.82 bits per heavy atom. The zero-order valence-corrected chi connectivity index (χ0v) is 12.9. The molecule has 0 fully saturated rings. The third-order valence-electron chi connectivity index (χ3n) is 1.89. The van der Waals surface area contributed by atoms with Gasteiger partial charge in [-0.1, -0.05) is 5.16 Å². The molecule has 1 amide bonds. The van der Waals surface area contributed by atoms with E-state index in [1.807, 2.05) is 0 Å². The Balaban J connectivity index is 2.60. The number of amidine groups is 1. The van der Waals surface area contributed by atoms with Crippen LogP contribution >= 0.6 is 43.2 Å². The quantitative estimate of drug-likeness (QED) is 0.322. The van der Waals surface area contributed by atoms with Crippen LogP contribution < -0.4 is 11.1 Å². The summed E-state index contributed by atoms with van der Waals surface area (Å²) in [6.45, 7) is 1.79. The number of halogens is 2. The van der Waals surface area contributed by atoms with Gasteiger partial charge in [0.05, 0.1) is 8.66 Å². The molecule has 4 N–H and O–H groups in total. The van der Waals surface area contributed by atoms with E-state index in [1.54, 1.807) is 13.0 Å². The first-order chi connectivity index (χ1) is 7.93. The molecule has 1 aromatic rings. The molecule has 0 saturated heterocycles. The summed E-state index contributed by atoms with van der Waals surface area (Å²) in [5.74, 6) is -0.0917. The number of oxime groups is 1. The summed E-state index contributed by atoms with van der Waals surface area (Å²) < 4.78 is 1.71. The van der Waals surface area contributed by atoms with E-state index < -0.39 is 0 Å². The second-order valence-corrected chi connectivity index (χ2v) is 6.63. The van der Waals surface area contributed by atoms with E-state index in [0.29, 0.717) is 11.3 Å². The van der Waals surface area contributed by atoms with Crippen LogP contribution in [-0.4, -0.2) is 23.0 Å². The molecule has 0 aliphatic rings. The number of thiophene rings is 1. The van der Waals surface area contributed by atoms with Crippen molar-refractivity contribution in [3.63, 3.8) is 0 Å². The Labute approximate surface area is 119 Å². The Morgan fingerprint density at radius 1 is 1.71 bits per heavy atom. The van der Waals surface area contributed by atoms with Gasteiger partial charge in [0.1, 0.15) is 5.84 Å². The highest BCUT2D eigenvalue weighted by Crippen LogP contribution is 2.32. The number of rotatable bonds is 4. The van der Waals surface area contributed by atoms with Gasteiger partial charge in [0.25, 0.3) is 5.91 Å². The lowest BCUT2D eigenvalue weighted by atomic mass is 10.2. The molecule has 0 aliphatic carbocycles. The Morgan fingerprint density at radius 2 is 2.35 bits per heavy atom. The fourth-order valence-corrected chi connectivity index (χ4v) is 3.10. The zero-order valence-electron chi connectivity index (χ0n) is 8.91. The van der Waals surface area contributed by atoms with Gasteiger partial charge in [0.2, 0.25) is 0 Å². The fourth-order valence-electron chi connectivity index (χ4n) is 1.16. The molecule has 8 heteroatoms. The van der Waals surface area contributed by atoms with Crippen molar-refractivity contribution >= 4 is 54.9 Å². The molecule has 1 aromatic heterocycles. The molecular weight excluding hydrogens is 374 g/mol. The van der Waals surface area contributed by atoms with Crippen LogP contribution in [-0.2, 0) is 0 Å². The summed E-state index contributed by atoms with van der Waals surface area (Å²) in [6, 6.07) is 1.54. The third-order valence-corrected chi connectivity index (χ3v) is 5.15. The van der Waals surface area contributed by atoms with Gasteiger partial charge < -0.3 is 16.3 Å². The third kappa shape index (κ3) is 4.29. The SMILES string of the molecule is CC(CC(N)=NO)NC(=O)c1cc(Br)c(Br)s1. The second kappa shape index (κ2) is 6.36. The number of hydrogen-bond acceptors (Lipinski definition) is 4. The lowest BCUT2D eigenvalue weighted by molar-refractivity contribution is 0.0945. The molecule has 0 aliphatic heterocycles. The highest BCUT2D eigenvalue weighted by Gasteiger charge is 2.14. The van der Waals surface area contributed by atoms with Crippen molar-refractivity contribution in [1.82, 2.24) is 5.32 Å². The summed E-state index contributed by atoms with van der Waals surface area (Å²) in [6.07, 6.45) is 0.302. The van der Waals surface area contributed by atoms with Gasteiger partial charge in [-0.3, -0.25) is 4.79 Å². The van der Waals surface area contributed by atoms with Crippen LogP contribution in [0, 0.1) is 0 Å². The number of amides is 1. The van der Waals surface area contributed by atoms with E-state index in [4.69, 9.17) is 10.9 Å². The minimum Gasteiger partial charge on any atom is -0.409 e. The first-order valence-electron chi connectivity index (χ1n) is 4.66. The molecule has 1 heterocycles. The van der Waals surface area contributed by atoms with Crippen molar-refractivity contribution in [3.05, 3.63) is 19.2 Å². The van der Waals surface area contributed by atoms with Gasteiger partial charge in [-0.2, -0.15) is 0 Å². The molecule has 5 nitrogen and oxygen atoms in total. The smallest absolute Gasteiger partial charge is 0.261 e. The average molecular weight is 385 g/mol. The Bertz CT molecular complexity index is 428. The molecule has 17 heavy (non-hydrogen) atoms. The van der Waals surface area contributed by atoms with Gasteiger partial charge >= 0.3 is 0 Å². The number of carbonyl (C=O) groups is 1. The van der Waals surface area contributed by atoms with Crippen LogP contribution in [0.5, 0.6) is 0 Å². The van der Waals surface area contributed by atoms with E-state index in [1.165, 1.54) is 11.3 Å². The molecular formula is C9H11Br2N3O2S. The first kappa shape index (κ1) is 14.5. The number of nitrogens with one attached hydrogen (secondary N) is 1. The highest BCUT2D eigenvalue weighted by molar-refractivity contribution is 9.13. The first-order valence-corrected chi connectivity index (χ1v) is 7.06. The average Bonchev–Trinajstić information content (AvgIpc) is 2.59. The summed E-state index contributed by atoms with van der Waals surface area (Å²) in [7, 11) is 0. The summed E-state index contributed by atoms with van der Waals surface area (Å²) in [5.41, 5.74) is 5.35. The van der Waals surface area contributed by atoms with Crippen LogP contribution in [0.3, 0.4) is 0 Å². The van der Waals surface area contributed by atoms with Crippen molar-refractivity contribution in [1.29, 1.82) is 0 Å². The van der Waals surface area contributed by atoms with Crippen molar-refractivity contribution < 1.29 is 10.0 Å². The lowest BCUT2D eigenvalue weighted by Crippen LogP contribution is -2.35. The lowest BCUT2D eigenvalue weighted by Gasteiger charge is -2.11. The number of carbonyl (C=O) groups excluding carboxylic acids is 1. The Hall–Kier alpha value is -0.600. The second-order valence-electron chi connectivity index (χ2n) is 3.40. The maximum atomic E-state index is 11.8. The van der Waals surface area contributed by atoms with Crippen LogP contribution in [0.2, 0.25) is 0 Å². The summed E-state index contributed by atoms with van der Waals surface area (Å²) >= 11 is 7.97. The largest absolute Gasteiger partial charge is 0.409 e. The molecule has 94 valence electrons. The standard InChI is InChI=1S/C9H11Br2N3O2S/c1-4(2-7(12)14-16)13-9(15)6-3-5(10)8(11)17-6/h3-4,16H,2H2,1H3,(H2,12,14)(H,13,15). The van der Waals surface area contributed by atoms with Gasteiger partial charge in [0.15, 0.2) is 0 Å². The molecule has 0 spiro atoms. The van der Waals surface area contributed by atoms with Gasteiger partial charge in [-0.05, 0) is 44.8 Å². The Kier molecular flexibility index (Phi) is 5.41. The molecule has 0 radical (unpaired) electrons. The molecule has 0 bridgehead atoms.